The lowest BCUT2D eigenvalue weighted by atomic mass is 9.96. The third-order valence-electron chi connectivity index (χ3n) is 5.63. The normalized spacial score (nSPS) is 13.4. The van der Waals surface area contributed by atoms with Gasteiger partial charge in [0.1, 0.15) is 11.5 Å². The predicted octanol–water partition coefficient (Wildman–Crippen LogP) is 6.82. The van der Waals surface area contributed by atoms with Crippen LogP contribution in [0, 0.1) is 0 Å². The molecule has 2 atom stereocenters. The van der Waals surface area contributed by atoms with Gasteiger partial charge in [0.05, 0.1) is 0 Å². The molecule has 0 aliphatic carbocycles. The molecule has 0 aliphatic heterocycles. The van der Waals surface area contributed by atoms with Crippen LogP contribution in [0.4, 0.5) is 0 Å². The summed E-state index contributed by atoms with van der Waals surface area (Å²) in [5.41, 5.74) is 3.58. The molecule has 0 aliphatic rings. The molecule has 0 fully saturated rings. The molecule has 2 rings (SSSR count). The second-order valence-electron chi connectivity index (χ2n) is 8.32. The number of aromatic hydroxyl groups is 2. The molecule has 0 amide bonds. The average molecular weight is 386 g/mol. The monoisotopic (exact) mass is 385 g/mol. The largest absolute Gasteiger partial charge is 0.508 e. The van der Waals surface area contributed by atoms with Crippen LogP contribution in [0.1, 0.15) is 89.5 Å². The minimum atomic E-state index is 0.235. The molecule has 0 aromatic heterocycles. The summed E-state index contributed by atoms with van der Waals surface area (Å²) in [5.74, 6) is 1.78. The zero-order chi connectivity index (χ0) is 21.4. The number of hydrogen-bond acceptors (Lipinski definition) is 3. The fourth-order valence-electron chi connectivity index (χ4n) is 3.02. The zero-order valence-electron chi connectivity index (χ0n) is 18.9. The molecule has 0 bridgehead atoms. The highest BCUT2D eigenvalue weighted by Gasteiger charge is 2.19. The number of rotatable bonds is 6. The zero-order valence-corrected chi connectivity index (χ0v) is 18.9. The summed E-state index contributed by atoms with van der Waals surface area (Å²) < 4.78 is 0. The lowest BCUT2D eigenvalue weighted by Crippen LogP contribution is -2.31. The van der Waals surface area contributed by atoms with Crippen LogP contribution >= 0.6 is 0 Å². The van der Waals surface area contributed by atoms with Gasteiger partial charge in [0.2, 0.25) is 0 Å². The Morgan fingerprint density at radius 2 is 1.29 bits per heavy atom. The molecule has 2 aromatic rings. The van der Waals surface area contributed by atoms with E-state index in [0.29, 0.717) is 29.4 Å². The van der Waals surface area contributed by atoms with E-state index in [0.717, 1.165) is 12.0 Å². The molecule has 2 N–H and O–H groups in total. The van der Waals surface area contributed by atoms with Crippen LogP contribution < -0.4 is 0 Å². The summed E-state index contributed by atoms with van der Waals surface area (Å²) in [6, 6.07) is 14.1. The van der Waals surface area contributed by atoms with Gasteiger partial charge in [-0.3, -0.25) is 4.90 Å². The Labute approximate surface area is 172 Å². The van der Waals surface area contributed by atoms with Crippen molar-refractivity contribution in [1.82, 2.24) is 4.90 Å². The first kappa shape index (κ1) is 24.0. The molecule has 2 aromatic carbocycles. The van der Waals surface area contributed by atoms with Crippen molar-refractivity contribution in [3.05, 3.63) is 59.2 Å². The lowest BCUT2D eigenvalue weighted by molar-refractivity contribution is 0.190. The van der Waals surface area contributed by atoms with Crippen molar-refractivity contribution >= 4 is 0 Å². The van der Waals surface area contributed by atoms with E-state index in [-0.39, 0.29) is 6.04 Å². The van der Waals surface area contributed by atoms with E-state index in [9.17, 15) is 5.11 Å². The van der Waals surface area contributed by atoms with Crippen LogP contribution in [0.25, 0.3) is 0 Å². The van der Waals surface area contributed by atoms with Crippen molar-refractivity contribution in [3.63, 3.8) is 0 Å². The van der Waals surface area contributed by atoms with Crippen LogP contribution in [0.2, 0.25) is 0 Å². The maximum atomic E-state index is 10.1. The molecular weight excluding hydrogens is 346 g/mol. The van der Waals surface area contributed by atoms with Gasteiger partial charge in [-0.15, -0.1) is 0 Å². The van der Waals surface area contributed by atoms with E-state index >= 15 is 0 Å². The first-order valence-corrected chi connectivity index (χ1v) is 10.4. The van der Waals surface area contributed by atoms with Gasteiger partial charge in [-0.2, -0.15) is 0 Å². The maximum absolute atomic E-state index is 10.1. The molecule has 156 valence electrons. The van der Waals surface area contributed by atoms with E-state index in [1.807, 2.05) is 24.3 Å². The van der Waals surface area contributed by atoms with Gasteiger partial charge in [0, 0.05) is 17.6 Å². The van der Waals surface area contributed by atoms with Gasteiger partial charge in [0.25, 0.3) is 0 Å². The van der Waals surface area contributed by atoms with Crippen LogP contribution in [-0.4, -0.2) is 28.2 Å². The van der Waals surface area contributed by atoms with E-state index in [2.05, 4.69) is 66.5 Å². The first-order chi connectivity index (χ1) is 13.1. The summed E-state index contributed by atoms with van der Waals surface area (Å²) in [5, 5.41) is 19.0. The van der Waals surface area contributed by atoms with Crippen LogP contribution in [0.3, 0.4) is 0 Å². The number of benzene rings is 2. The Morgan fingerprint density at radius 3 is 1.75 bits per heavy atom. The molecule has 0 radical (unpaired) electrons. The molecule has 0 spiro atoms. The van der Waals surface area contributed by atoms with Gasteiger partial charge < -0.3 is 10.2 Å². The van der Waals surface area contributed by atoms with Crippen LogP contribution in [0.15, 0.2) is 42.5 Å². The number of nitrogens with zero attached hydrogens (tertiary/aromatic N) is 1. The Kier molecular flexibility index (Phi) is 9.54. The molecule has 0 saturated carbocycles. The van der Waals surface area contributed by atoms with Crippen molar-refractivity contribution in [2.75, 3.05) is 7.05 Å². The SMILES string of the molecule is CC(C)c1ccc(O)cc1.CCC(C)N(C)C(C)c1cc(C(C)C)ccc1O. The lowest BCUT2D eigenvalue weighted by Gasteiger charge is -2.31. The molecule has 2 unspecified atom stereocenters. The molecule has 28 heavy (non-hydrogen) atoms. The van der Waals surface area contributed by atoms with E-state index in [1.54, 1.807) is 12.1 Å². The highest BCUT2D eigenvalue weighted by molar-refractivity contribution is 5.39. The van der Waals surface area contributed by atoms with Crippen molar-refractivity contribution in [1.29, 1.82) is 0 Å². The number of hydrogen-bond donors (Lipinski definition) is 2. The second-order valence-corrected chi connectivity index (χ2v) is 8.32. The smallest absolute Gasteiger partial charge is 0.120 e. The molecule has 3 heteroatoms. The van der Waals surface area contributed by atoms with Crippen molar-refractivity contribution in [3.8, 4) is 11.5 Å². The summed E-state index contributed by atoms with van der Waals surface area (Å²) in [7, 11) is 2.13. The summed E-state index contributed by atoms with van der Waals surface area (Å²) in [4.78, 5) is 2.32. The minimum absolute atomic E-state index is 0.235. The standard InChI is InChI=1S/C16H27NO.C9H12O/c1-7-12(4)17(6)13(5)15-10-14(11(2)3)8-9-16(15)18;1-7(2)8-3-5-9(10)6-4-8/h8-13,18H,7H2,1-6H3;3-7,10H,1-2H3. The van der Waals surface area contributed by atoms with Crippen molar-refractivity contribution in [2.24, 2.45) is 0 Å². The highest BCUT2D eigenvalue weighted by atomic mass is 16.3. The topological polar surface area (TPSA) is 43.7 Å². The van der Waals surface area contributed by atoms with E-state index < -0.39 is 0 Å². The Bertz CT molecular complexity index is 707. The van der Waals surface area contributed by atoms with Crippen LogP contribution in [-0.2, 0) is 0 Å². The summed E-state index contributed by atoms with van der Waals surface area (Å²) in [6.07, 6.45) is 1.12. The van der Waals surface area contributed by atoms with Gasteiger partial charge in [-0.25, -0.2) is 0 Å². The third kappa shape index (κ3) is 6.87. The van der Waals surface area contributed by atoms with Gasteiger partial charge in [-0.1, -0.05) is 58.9 Å². The quantitative estimate of drug-likeness (QED) is 0.573. The molecule has 0 saturated heterocycles. The number of phenols is 2. The van der Waals surface area contributed by atoms with E-state index in [1.165, 1.54) is 11.1 Å². The molecule has 0 heterocycles. The Hall–Kier alpha value is -2.00. The van der Waals surface area contributed by atoms with Gasteiger partial charge in [0.15, 0.2) is 0 Å². The van der Waals surface area contributed by atoms with Gasteiger partial charge >= 0.3 is 0 Å². The second kappa shape index (κ2) is 11.1. The predicted molar refractivity (Wildman–Crippen MR) is 120 cm³/mol. The van der Waals surface area contributed by atoms with Crippen LogP contribution in [0.5, 0.6) is 11.5 Å². The fraction of sp³-hybridized carbons (Fsp3) is 0.520. The third-order valence-corrected chi connectivity index (χ3v) is 5.63. The molecule has 3 nitrogen and oxygen atoms in total. The van der Waals surface area contributed by atoms with Crippen molar-refractivity contribution in [2.45, 2.75) is 78.8 Å². The number of phenolic OH excluding ortho intramolecular Hbond substituents is 2. The van der Waals surface area contributed by atoms with Gasteiger partial charge in [-0.05, 0) is 68.5 Å². The molecular formula is C25H39NO2. The Balaban J connectivity index is 0.000000330. The summed E-state index contributed by atoms with van der Waals surface area (Å²) >= 11 is 0. The Morgan fingerprint density at radius 1 is 0.786 bits per heavy atom. The van der Waals surface area contributed by atoms with Crippen molar-refractivity contribution < 1.29 is 10.2 Å². The minimum Gasteiger partial charge on any atom is -0.508 e. The first-order valence-electron chi connectivity index (χ1n) is 10.4. The fourth-order valence-corrected chi connectivity index (χ4v) is 3.02. The highest BCUT2D eigenvalue weighted by Crippen LogP contribution is 2.31. The maximum Gasteiger partial charge on any atom is 0.120 e. The summed E-state index contributed by atoms with van der Waals surface area (Å²) in [6.45, 7) is 15.2. The van der Waals surface area contributed by atoms with E-state index in [4.69, 9.17) is 5.11 Å². The average Bonchev–Trinajstić information content (AvgIpc) is 2.67.